The van der Waals surface area contributed by atoms with Gasteiger partial charge >= 0.3 is 260 Å². The second-order valence-electron chi connectivity index (χ2n) is 10.0. The summed E-state index contributed by atoms with van der Waals surface area (Å²) in [4.78, 5) is 14.6. The molecule has 6 aromatic rings. The van der Waals surface area contributed by atoms with Crippen LogP contribution >= 0.6 is 0 Å². The van der Waals surface area contributed by atoms with E-state index in [4.69, 9.17) is 5.37 Å². The van der Waals surface area contributed by atoms with E-state index in [0.29, 0.717) is 0 Å². The Bertz CT molecular complexity index is 1390. The van der Waals surface area contributed by atoms with Gasteiger partial charge in [-0.1, -0.05) is 0 Å². The van der Waals surface area contributed by atoms with Crippen LogP contribution in [0.3, 0.4) is 0 Å². The summed E-state index contributed by atoms with van der Waals surface area (Å²) in [6, 6.07) is 61.4. The molecule has 0 aliphatic carbocycles. The van der Waals surface area contributed by atoms with E-state index in [-0.39, 0.29) is 0 Å². The summed E-state index contributed by atoms with van der Waals surface area (Å²) in [6.45, 7) is 0. The van der Waals surface area contributed by atoms with Crippen LogP contribution in [0.1, 0.15) is 0 Å². The van der Waals surface area contributed by atoms with E-state index in [9.17, 15) is 4.79 Å². The SMILES string of the molecule is O=C([O][Pb]([c]1ccccc1)([c]1ccccc1)[c]1ccccc1)[O][Pb]([c]1ccccc1)([c]1ccccc1)[c]1ccccc1. The molecule has 0 spiro atoms. The van der Waals surface area contributed by atoms with E-state index in [0.717, 1.165) is 18.7 Å². The van der Waals surface area contributed by atoms with Crippen molar-refractivity contribution in [3.63, 3.8) is 0 Å². The zero-order valence-corrected chi connectivity index (χ0v) is 30.8. The number of carbonyl (C=O) groups excluding carboxylic acids is 1. The molecule has 0 aliphatic rings. The molecule has 0 aromatic heterocycles. The Kier molecular flexibility index (Phi) is 8.95. The Hall–Kier alpha value is -3.57. The predicted molar refractivity (Wildman–Crippen MR) is 176 cm³/mol. The fraction of sp³-hybridized carbons (Fsp3) is 0. The van der Waals surface area contributed by atoms with Crippen molar-refractivity contribution in [2.45, 2.75) is 0 Å². The van der Waals surface area contributed by atoms with Crippen LogP contribution in [0.25, 0.3) is 0 Å². The Labute approximate surface area is 258 Å². The van der Waals surface area contributed by atoms with E-state index in [2.05, 4.69) is 72.8 Å². The van der Waals surface area contributed by atoms with E-state index in [1.807, 2.05) is 109 Å². The molecule has 3 nitrogen and oxygen atoms in total. The van der Waals surface area contributed by atoms with Crippen LogP contribution in [-0.2, 0) is 5.37 Å². The summed E-state index contributed by atoms with van der Waals surface area (Å²) in [5.41, 5.74) is 0. The fourth-order valence-electron chi connectivity index (χ4n) is 5.66. The molecule has 0 saturated heterocycles. The van der Waals surface area contributed by atoms with Gasteiger partial charge in [0.2, 0.25) is 0 Å². The van der Waals surface area contributed by atoms with Gasteiger partial charge in [0, 0.05) is 0 Å². The zero-order valence-electron chi connectivity index (χ0n) is 23.0. The van der Waals surface area contributed by atoms with E-state index < -0.39 is 49.4 Å². The van der Waals surface area contributed by atoms with Gasteiger partial charge in [-0.15, -0.1) is 0 Å². The number of rotatable bonds is 8. The molecule has 0 bridgehead atoms. The van der Waals surface area contributed by atoms with Gasteiger partial charge in [-0.25, -0.2) is 0 Å². The van der Waals surface area contributed by atoms with Crippen LogP contribution in [0.5, 0.6) is 0 Å². The molecule has 0 saturated carbocycles. The van der Waals surface area contributed by atoms with Gasteiger partial charge in [0.25, 0.3) is 0 Å². The summed E-state index contributed by atoms with van der Waals surface area (Å²) < 4.78 is 20.2. The molecule has 6 aromatic carbocycles. The van der Waals surface area contributed by atoms with Crippen LogP contribution in [-0.4, -0.2) is 49.4 Å². The first-order valence-corrected chi connectivity index (χ1v) is 28.8. The van der Waals surface area contributed by atoms with Crippen LogP contribution in [0.4, 0.5) is 4.79 Å². The van der Waals surface area contributed by atoms with Crippen molar-refractivity contribution in [3.8, 4) is 0 Å². The average Bonchev–Trinajstić information content (AvgIpc) is 3.08. The number of hydrogen-bond acceptors (Lipinski definition) is 3. The molecule has 0 heterocycles. The fourth-order valence-corrected chi connectivity index (χ4v) is 35.2. The second-order valence-corrected chi connectivity index (χ2v) is 35.7. The topological polar surface area (TPSA) is 35.5 Å². The van der Waals surface area contributed by atoms with Crippen molar-refractivity contribution in [3.05, 3.63) is 182 Å². The van der Waals surface area contributed by atoms with Crippen LogP contribution in [0.2, 0.25) is 0 Å². The van der Waals surface area contributed by atoms with E-state index >= 15 is 0 Å². The van der Waals surface area contributed by atoms with Gasteiger partial charge in [0.05, 0.1) is 0 Å². The average molecular weight is 937 g/mol. The maximum absolute atomic E-state index is 14.6. The number of hydrogen-bond donors (Lipinski definition) is 0. The van der Waals surface area contributed by atoms with Crippen molar-refractivity contribution in [1.82, 2.24) is 0 Å². The van der Waals surface area contributed by atoms with Gasteiger partial charge in [0.15, 0.2) is 0 Å². The standard InChI is InChI=1S/6C6H5.CH2O3.2Pb/c6*1-2-4-6-5-3-1;2-1(3)4;;/h6*1-5H;(H2,2,3,4);;/q;;;;;;;2*+1/p-2. The molecule has 0 radical (unpaired) electrons. The first kappa shape index (κ1) is 28.5. The summed E-state index contributed by atoms with van der Waals surface area (Å²) in [5.74, 6) is 0. The minimum absolute atomic E-state index is 0.605. The first-order chi connectivity index (χ1) is 20.7. The van der Waals surface area contributed by atoms with E-state index in [1.54, 1.807) is 0 Å². The third kappa shape index (κ3) is 5.59. The first-order valence-electron chi connectivity index (χ1n) is 14.0. The van der Waals surface area contributed by atoms with Crippen molar-refractivity contribution < 1.29 is 10.2 Å². The molecule has 5 heteroatoms. The molecular formula is C37H30O3Pb2. The van der Waals surface area contributed by atoms with Crippen LogP contribution < -0.4 is 18.7 Å². The number of carbonyl (C=O) groups is 1. The predicted octanol–water partition coefficient (Wildman–Crippen LogP) is 4.47. The Morgan fingerprint density at radius 3 is 0.643 bits per heavy atom. The Morgan fingerprint density at radius 2 is 0.476 bits per heavy atom. The van der Waals surface area contributed by atoms with Crippen molar-refractivity contribution in [2.24, 2.45) is 0 Å². The van der Waals surface area contributed by atoms with Crippen molar-refractivity contribution in [1.29, 1.82) is 0 Å². The molecule has 0 amide bonds. The van der Waals surface area contributed by atoms with E-state index in [1.165, 1.54) is 0 Å². The number of benzene rings is 6. The van der Waals surface area contributed by atoms with Crippen molar-refractivity contribution in [2.75, 3.05) is 0 Å². The quantitative estimate of drug-likeness (QED) is 0.212. The molecule has 42 heavy (non-hydrogen) atoms. The molecule has 0 unspecified atom stereocenters. The summed E-state index contributed by atoms with van der Waals surface area (Å²) in [7, 11) is 0. The molecule has 0 fully saturated rings. The van der Waals surface area contributed by atoms with Crippen LogP contribution in [0, 0.1) is 0 Å². The summed E-state index contributed by atoms with van der Waals surface area (Å²) in [6.07, 6.45) is -0.605. The molecular weight excluding hydrogens is 907 g/mol. The molecule has 0 aliphatic heterocycles. The third-order valence-corrected chi connectivity index (χ3v) is 38.0. The minimum atomic E-state index is -4.59. The van der Waals surface area contributed by atoms with Gasteiger partial charge in [-0.05, 0) is 0 Å². The third-order valence-electron chi connectivity index (χ3n) is 7.55. The maximum atomic E-state index is 14.6. The van der Waals surface area contributed by atoms with Crippen molar-refractivity contribution >= 4 is 68.1 Å². The van der Waals surface area contributed by atoms with Gasteiger partial charge < -0.3 is 0 Å². The second kappa shape index (κ2) is 13.2. The normalized spacial score (nSPS) is 11.4. The van der Waals surface area contributed by atoms with Crippen LogP contribution in [0.15, 0.2) is 182 Å². The van der Waals surface area contributed by atoms with Gasteiger partial charge in [-0.2, -0.15) is 0 Å². The summed E-state index contributed by atoms with van der Waals surface area (Å²) in [5, 5.41) is 0. The zero-order chi connectivity index (χ0) is 28.7. The Balaban J connectivity index is 1.55. The van der Waals surface area contributed by atoms with Gasteiger partial charge in [-0.3, -0.25) is 0 Å². The molecule has 204 valence electrons. The molecule has 0 N–H and O–H groups in total. The monoisotopic (exact) mass is 938 g/mol. The van der Waals surface area contributed by atoms with Gasteiger partial charge in [0.1, 0.15) is 0 Å². The molecule has 6 rings (SSSR count). The Morgan fingerprint density at radius 1 is 0.310 bits per heavy atom. The summed E-state index contributed by atoms with van der Waals surface area (Å²) >= 11 is -9.17. The molecule has 0 atom stereocenters.